The average molecular weight is 362 g/mol. The number of hydrogen-bond donors (Lipinski definition) is 1. The molecule has 0 radical (unpaired) electrons. The maximum absolute atomic E-state index is 12.4. The Balaban J connectivity index is 1.57. The third-order valence-corrected chi connectivity index (χ3v) is 5.77. The summed E-state index contributed by atoms with van der Waals surface area (Å²) in [5, 5.41) is 2.93. The van der Waals surface area contributed by atoms with Crippen LogP contribution < -0.4 is 5.32 Å². The first-order valence-electron chi connectivity index (χ1n) is 8.25. The van der Waals surface area contributed by atoms with Crippen molar-refractivity contribution in [2.45, 2.75) is 19.4 Å². The van der Waals surface area contributed by atoms with Gasteiger partial charge in [0.1, 0.15) is 5.82 Å². The molecule has 0 atom stereocenters. The fraction of sp³-hybridized carbons (Fsp3) is 0.412. The number of carbonyl (C=O) groups excluding carboxylic acids is 1. The van der Waals surface area contributed by atoms with Crippen molar-refractivity contribution in [3.05, 3.63) is 48.5 Å². The summed E-state index contributed by atoms with van der Waals surface area (Å²) >= 11 is 0. The minimum Gasteiger partial charge on any atom is -0.349 e. The van der Waals surface area contributed by atoms with Gasteiger partial charge in [0, 0.05) is 37.1 Å². The second-order valence-electron chi connectivity index (χ2n) is 6.20. The molecule has 1 aliphatic rings. The van der Waals surface area contributed by atoms with Crippen LogP contribution in [0.25, 0.3) is 5.69 Å². The molecule has 0 unspecified atom stereocenters. The van der Waals surface area contributed by atoms with Gasteiger partial charge in [0.05, 0.1) is 12.8 Å². The fourth-order valence-electron chi connectivity index (χ4n) is 3.05. The van der Waals surface area contributed by atoms with E-state index in [0.717, 1.165) is 11.5 Å². The Bertz CT molecular complexity index is 825. The molecule has 1 fully saturated rings. The molecule has 1 saturated heterocycles. The highest BCUT2D eigenvalue weighted by molar-refractivity contribution is 7.88. The third-order valence-electron chi connectivity index (χ3n) is 4.47. The van der Waals surface area contributed by atoms with Crippen molar-refractivity contribution in [1.82, 2.24) is 19.2 Å². The highest BCUT2D eigenvalue weighted by Gasteiger charge is 2.28. The second-order valence-corrected chi connectivity index (χ2v) is 8.19. The van der Waals surface area contributed by atoms with Gasteiger partial charge < -0.3 is 9.88 Å². The predicted molar refractivity (Wildman–Crippen MR) is 94.6 cm³/mol. The Morgan fingerprint density at radius 1 is 1.24 bits per heavy atom. The smallest absolute Gasteiger partial charge is 0.223 e. The van der Waals surface area contributed by atoms with Crippen molar-refractivity contribution < 1.29 is 13.2 Å². The second kappa shape index (κ2) is 7.37. The maximum atomic E-state index is 12.4. The van der Waals surface area contributed by atoms with Crippen LogP contribution in [0.4, 0.5) is 0 Å². The van der Waals surface area contributed by atoms with Gasteiger partial charge in [-0.25, -0.2) is 17.7 Å². The topological polar surface area (TPSA) is 84.3 Å². The molecule has 0 aliphatic carbocycles. The molecule has 25 heavy (non-hydrogen) atoms. The number of nitrogens with one attached hydrogen (secondary N) is 1. The van der Waals surface area contributed by atoms with Crippen molar-refractivity contribution in [2.75, 3.05) is 19.3 Å². The molecule has 1 amide bonds. The standard InChI is InChI=1S/C17H22N4O3S/c1-25(23,24)20-10-7-14(8-11-20)17(22)19-13-16-18-9-12-21(16)15-5-3-2-4-6-15/h2-6,9,12,14H,7-8,10-11,13H2,1H3,(H,19,22). The number of carbonyl (C=O) groups is 1. The number of hydrogen-bond acceptors (Lipinski definition) is 4. The summed E-state index contributed by atoms with van der Waals surface area (Å²) in [4.78, 5) is 16.7. The van der Waals surface area contributed by atoms with Gasteiger partial charge in [-0.2, -0.15) is 0 Å². The summed E-state index contributed by atoms with van der Waals surface area (Å²) in [6.45, 7) is 1.14. The molecule has 1 aromatic carbocycles. The van der Waals surface area contributed by atoms with Crippen LogP contribution in [0.3, 0.4) is 0 Å². The minimum atomic E-state index is -3.17. The van der Waals surface area contributed by atoms with Crippen molar-refractivity contribution >= 4 is 15.9 Å². The summed E-state index contributed by atoms with van der Waals surface area (Å²) < 4.78 is 26.4. The first-order valence-corrected chi connectivity index (χ1v) is 10.1. The Kier molecular flexibility index (Phi) is 5.19. The predicted octanol–water partition coefficient (Wildman–Crippen LogP) is 1.16. The Morgan fingerprint density at radius 3 is 2.56 bits per heavy atom. The molecule has 134 valence electrons. The average Bonchev–Trinajstić information content (AvgIpc) is 3.08. The number of nitrogens with zero attached hydrogens (tertiary/aromatic N) is 3. The van der Waals surface area contributed by atoms with Gasteiger partial charge >= 0.3 is 0 Å². The lowest BCUT2D eigenvalue weighted by atomic mass is 9.97. The van der Waals surface area contributed by atoms with E-state index in [1.807, 2.05) is 41.1 Å². The monoisotopic (exact) mass is 362 g/mol. The fourth-order valence-corrected chi connectivity index (χ4v) is 3.92. The summed E-state index contributed by atoms with van der Waals surface area (Å²) in [5.41, 5.74) is 0.991. The lowest BCUT2D eigenvalue weighted by Crippen LogP contribution is -2.42. The van der Waals surface area contributed by atoms with Gasteiger partial charge in [0.25, 0.3) is 0 Å². The van der Waals surface area contributed by atoms with Crippen LogP contribution in [-0.4, -0.2) is 47.5 Å². The largest absolute Gasteiger partial charge is 0.349 e. The number of aromatic nitrogens is 2. The van der Waals surface area contributed by atoms with E-state index in [2.05, 4.69) is 10.3 Å². The molecule has 1 aromatic heterocycles. The van der Waals surface area contributed by atoms with E-state index < -0.39 is 10.0 Å². The van der Waals surface area contributed by atoms with Crippen molar-refractivity contribution in [3.63, 3.8) is 0 Å². The lowest BCUT2D eigenvalue weighted by Gasteiger charge is -2.29. The zero-order chi connectivity index (χ0) is 17.9. The first-order chi connectivity index (χ1) is 11.9. The molecule has 0 spiro atoms. The molecule has 0 saturated carbocycles. The molecule has 1 N–H and O–H groups in total. The number of rotatable bonds is 5. The molecule has 7 nitrogen and oxygen atoms in total. The van der Waals surface area contributed by atoms with Gasteiger partial charge in [-0.1, -0.05) is 18.2 Å². The van der Waals surface area contributed by atoms with Crippen molar-refractivity contribution in [3.8, 4) is 5.69 Å². The molecule has 0 bridgehead atoms. The third kappa shape index (κ3) is 4.26. The van der Waals surface area contributed by atoms with Crippen molar-refractivity contribution in [1.29, 1.82) is 0 Å². The Labute approximate surface area is 147 Å². The van der Waals surface area contributed by atoms with E-state index in [1.165, 1.54) is 10.6 Å². The molecule has 2 heterocycles. The van der Waals surface area contributed by atoms with E-state index in [4.69, 9.17) is 0 Å². The van der Waals surface area contributed by atoms with Gasteiger partial charge in [-0.15, -0.1) is 0 Å². The van der Waals surface area contributed by atoms with Crippen molar-refractivity contribution in [2.24, 2.45) is 5.92 Å². The summed E-state index contributed by atoms with van der Waals surface area (Å²) in [6.07, 6.45) is 5.87. The molecule has 8 heteroatoms. The molecular weight excluding hydrogens is 340 g/mol. The highest BCUT2D eigenvalue weighted by atomic mass is 32.2. The summed E-state index contributed by atoms with van der Waals surface area (Å²) in [7, 11) is -3.17. The Morgan fingerprint density at radius 2 is 1.92 bits per heavy atom. The number of amides is 1. The van der Waals surface area contributed by atoms with Crippen LogP contribution in [0.1, 0.15) is 18.7 Å². The molecule has 3 rings (SSSR count). The Hall–Kier alpha value is -2.19. The number of sulfonamides is 1. The molecule has 1 aliphatic heterocycles. The summed E-state index contributed by atoms with van der Waals surface area (Å²) in [5.74, 6) is 0.557. The number of para-hydroxylation sites is 1. The van der Waals surface area contributed by atoms with Gasteiger partial charge in [-0.05, 0) is 25.0 Å². The van der Waals surface area contributed by atoms with Crippen LogP contribution in [0.2, 0.25) is 0 Å². The van der Waals surface area contributed by atoms with Gasteiger partial charge in [-0.3, -0.25) is 4.79 Å². The van der Waals surface area contributed by atoms with Crippen LogP contribution in [-0.2, 0) is 21.4 Å². The number of benzene rings is 1. The minimum absolute atomic E-state index is 0.0456. The van der Waals surface area contributed by atoms with E-state index in [9.17, 15) is 13.2 Å². The zero-order valence-electron chi connectivity index (χ0n) is 14.1. The first kappa shape index (κ1) is 17.6. The highest BCUT2D eigenvalue weighted by Crippen LogP contribution is 2.19. The van der Waals surface area contributed by atoms with Crippen LogP contribution in [0.5, 0.6) is 0 Å². The van der Waals surface area contributed by atoms with E-state index >= 15 is 0 Å². The molecule has 2 aromatic rings. The molecular formula is C17H22N4O3S. The quantitative estimate of drug-likeness (QED) is 0.865. The number of piperidine rings is 1. The van der Waals surface area contributed by atoms with Gasteiger partial charge in [0.15, 0.2) is 0 Å². The normalized spacial score (nSPS) is 16.7. The van der Waals surface area contributed by atoms with Crippen LogP contribution >= 0.6 is 0 Å². The van der Waals surface area contributed by atoms with Crippen LogP contribution in [0.15, 0.2) is 42.7 Å². The van der Waals surface area contributed by atoms with Crippen LogP contribution in [0, 0.1) is 5.92 Å². The lowest BCUT2D eigenvalue weighted by molar-refractivity contribution is -0.126. The summed E-state index contributed by atoms with van der Waals surface area (Å²) in [6, 6.07) is 9.81. The van der Waals surface area contributed by atoms with E-state index in [1.54, 1.807) is 6.20 Å². The SMILES string of the molecule is CS(=O)(=O)N1CCC(C(=O)NCc2nccn2-c2ccccc2)CC1. The maximum Gasteiger partial charge on any atom is 0.223 e. The van der Waals surface area contributed by atoms with E-state index in [0.29, 0.717) is 32.5 Å². The van der Waals surface area contributed by atoms with Gasteiger partial charge in [0.2, 0.25) is 15.9 Å². The zero-order valence-corrected chi connectivity index (χ0v) is 14.9. The van der Waals surface area contributed by atoms with E-state index in [-0.39, 0.29) is 11.8 Å². The number of imidazole rings is 1.